The van der Waals surface area contributed by atoms with Crippen molar-refractivity contribution in [3.8, 4) is 0 Å². The van der Waals surface area contributed by atoms with Crippen molar-refractivity contribution in [1.29, 1.82) is 0 Å². The molecule has 4 nitrogen and oxygen atoms in total. The van der Waals surface area contributed by atoms with Crippen LogP contribution in [-0.4, -0.2) is 15.6 Å². The van der Waals surface area contributed by atoms with E-state index in [0.29, 0.717) is 18.4 Å². The smallest absolute Gasteiger partial charge is 0.159 e. The molecule has 0 amide bonds. The fourth-order valence-electron chi connectivity index (χ4n) is 2.34. The Bertz CT molecular complexity index is 583. The molecule has 114 valence electrons. The zero-order valence-electron chi connectivity index (χ0n) is 12.0. The Balaban J connectivity index is 2.05. The van der Waals surface area contributed by atoms with Gasteiger partial charge in [0.2, 0.25) is 0 Å². The summed E-state index contributed by atoms with van der Waals surface area (Å²) in [7, 11) is 0. The summed E-state index contributed by atoms with van der Waals surface area (Å²) in [6.07, 6.45) is 5.85. The minimum absolute atomic E-state index is 0.0899. The Morgan fingerprint density at radius 1 is 1.29 bits per heavy atom. The Morgan fingerprint density at radius 2 is 2.10 bits per heavy atom. The quantitative estimate of drug-likeness (QED) is 0.608. The molecule has 0 aliphatic heterocycles. The molecule has 2 aromatic rings. The summed E-state index contributed by atoms with van der Waals surface area (Å²) in [4.78, 5) is 4.33. The highest BCUT2D eigenvalue weighted by Crippen LogP contribution is 2.12. The molecule has 0 saturated carbocycles. The third-order valence-electron chi connectivity index (χ3n) is 3.40. The van der Waals surface area contributed by atoms with Crippen molar-refractivity contribution in [3.63, 3.8) is 0 Å². The molecule has 1 aromatic carbocycles. The van der Waals surface area contributed by atoms with Crippen molar-refractivity contribution in [1.82, 2.24) is 15.0 Å². The molecular weight excluding hydrogens is 274 g/mol. The van der Waals surface area contributed by atoms with Crippen LogP contribution in [0.1, 0.15) is 24.7 Å². The highest BCUT2D eigenvalue weighted by atomic mass is 19.2. The summed E-state index contributed by atoms with van der Waals surface area (Å²) >= 11 is 0. The Kier molecular flexibility index (Phi) is 5.41. The van der Waals surface area contributed by atoms with Crippen molar-refractivity contribution >= 4 is 0 Å². The van der Waals surface area contributed by atoms with Crippen molar-refractivity contribution in [2.45, 2.75) is 38.8 Å². The van der Waals surface area contributed by atoms with Crippen LogP contribution in [0, 0.1) is 11.6 Å². The molecule has 1 atom stereocenters. The molecule has 0 spiro atoms. The van der Waals surface area contributed by atoms with Crippen LogP contribution in [0.25, 0.3) is 0 Å². The van der Waals surface area contributed by atoms with Gasteiger partial charge in [0.25, 0.3) is 0 Å². The molecule has 0 saturated heterocycles. The van der Waals surface area contributed by atoms with E-state index >= 15 is 0 Å². The van der Waals surface area contributed by atoms with Crippen LogP contribution in [0.2, 0.25) is 0 Å². The largest absolute Gasteiger partial charge is 0.335 e. The summed E-state index contributed by atoms with van der Waals surface area (Å²) in [6.45, 7) is 3.00. The lowest BCUT2D eigenvalue weighted by atomic mass is 10.0. The number of hydrazine groups is 1. The molecule has 6 heteroatoms. The predicted molar refractivity (Wildman–Crippen MR) is 77.4 cm³/mol. The summed E-state index contributed by atoms with van der Waals surface area (Å²) in [5.74, 6) is 4.83. The number of nitrogens with two attached hydrogens (primary N) is 1. The Labute approximate surface area is 123 Å². The van der Waals surface area contributed by atoms with Gasteiger partial charge < -0.3 is 4.57 Å². The lowest BCUT2D eigenvalue weighted by Crippen LogP contribution is -2.39. The number of hydrogen-bond acceptors (Lipinski definition) is 3. The average Bonchev–Trinajstić information content (AvgIpc) is 2.90. The SMILES string of the molecule is CCCn1ccnc1CC(Cc1ccc(F)c(F)c1)NN. The number of rotatable bonds is 7. The van der Waals surface area contributed by atoms with E-state index in [4.69, 9.17) is 5.84 Å². The molecule has 2 rings (SSSR count). The summed E-state index contributed by atoms with van der Waals surface area (Å²) in [5, 5.41) is 0. The minimum atomic E-state index is -0.838. The van der Waals surface area contributed by atoms with Gasteiger partial charge in [-0.3, -0.25) is 11.3 Å². The van der Waals surface area contributed by atoms with E-state index in [-0.39, 0.29) is 6.04 Å². The fourth-order valence-corrected chi connectivity index (χ4v) is 2.34. The van der Waals surface area contributed by atoms with Crippen LogP contribution >= 0.6 is 0 Å². The van der Waals surface area contributed by atoms with Crippen molar-refractivity contribution in [3.05, 3.63) is 53.6 Å². The van der Waals surface area contributed by atoms with Crippen LogP contribution < -0.4 is 11.3 Å². The third kappa shape index (κ3) is 4.09. The second-order valence-electron chi connectivity index (χ2n) is 5.06. The molecular formula is C15H20F2N4. The lowest BCUT2D eigenvalue weighted by molar-refractivity contribution is 0.486. The number of imidazole rings is 1. The molecule has 0 bridgehead atoms. The predicted octanol–water partition coefficient (Wildman–Crippen LogP) is 2.19. The summed E-state index contributed by atoms with van der Waals surface area (Å²) in [5.41, 5.74) is 3.42. The molecule has 1 heterocycles. The summed E-state index contributed by atoms with van der Waals surface area (Å²) < 4.78 is 28.2. The van der Waals surface area contributed by atoms with Gasteiger partial charge in [-0.05, 0) is 30.5 Å². The topological polar surface area (TPSA) is 55.9 Å². The number of nitrogens with zero attached hydrogens (tertiary/aromatic N) is 2. The number of nitrogens with one attached hydrogen (secondary N) is 1. The molecule has 0 aliphatic carbocycles. The average molecular weight is 294 g/mol. The van der Waals surface area contributed by atoms with Crippen LogP contribution in [0.4, 0.5) is 8.78 Å². The van der Waals surface area contributed by atoms with Crippen molar-refractivity contribution < 1.29 is 8.78 Å². The van der Waals surface area contributed by atoms with Crippen LogP contribution in [0.15, 0.2) is 30.6 Å². The molecule has 1 unspecified atom stereocenters. The first-order valence-electron chi connectivity index (χ1n) is 7.04. The van der Waals surface area contributed by atoms with Gasteiger partial charge in [-0.1, -0.05) is 13.0 Å². The zero-order valence-corrected chi connectivity index (χ0v) is 12.0. The van der Waals surface area contributed by atoms with Crippen molar-refractivity contribution in [2.24, 2.45) is 5.84 Å². The first-order chi connectivity index (χ1) is 10.1. The van der Waals surface area contributed by atoms with E-state index < -0.39 is 11.6 Å². The van der Waals surface area contributed by atoms with Gasteiger partial charge in [0, 0.05) is 31.4 Å². The van der Waals surface area contributed by atoms with E-state index in [1.54, 1.807) is 12.3 Å². The van der Waals surface area contributed by atoms with E-state index in [9.17, 15) is 8.78 Å². The van der Waals surface area contributed by atoms with E-state index in [2.05, 4.69) is 21.9 Å². The third-order valence-corrected chi connectivity index (χ3v) is 3.40. The van der Waals surface area contributed by atoms with Gasteiger partial charge in [0.1, 0.15) is 5.82 Å². The van der Waals surface area contributed by atoms with E-state index in [0.717, 1.165) is 24.9 Å². The summed E-state index contributed by atoms with van der Waals surface area (Å²) in [6, 6.07) is 3.82. The number of halogens is 2. The maximum absolute atomic E-state index is 13.2. The van der Waals surface area contributed by atoms with Gasteiger partial charge >= 0.3 is 0 Å². The normalized spacial score (nSPS) is 12.6. The van der Waals surface area contributed by atoms with Gasteiger partial charge in [-0.15, -0.1) is 0 Å². The standard InChI is InChI=1S/C15H20F2N4/c1-2-6-21-7-5-19-15(21)10-12(20-18)8-11-3-4-13(16)14(17)9-11/h3-5,7,9,12,20H,2,6,8,10,18H2,1H3. The van der Waals surface area contributed by atoms with E-state index in [1.807, 2.05) is 6.20 Å². The second kappa shape index (κ2) is 7.28. The van der Waals surface area contributed by atoms with Gasteiger partial charge in [-0.25, -0.2) is 13.8 Å². The van der Waals surface area contributed by atoms with Gasteiger partial charge in [0.05, 0.1) is 0 Å². The maximum atomic E-state index is 13.2. The molecule has 21 heavy (non-hydrogen) atoms. The first-order valence-corrected chi connectivity index (χ1v) is 7.04. The molecule has 0 radical (unpaired) electrons. The second-order valence-corrected chi connectivity index (χ2v) is 5.06. The van der Waals surface area contributed by atoms with Crippen molar-refractivity contribution in [2.75, 3.05) is 0 Å². The molecule has 0 aliphatic rings. The van der Waals surface area contributed by atoms with E-state index in [1.165, 1.54) is 6.07 Å². The number of benzene rings is 1. The highest BCUT2D eigenvalue weighted by molar-refractivity contribution is 5.19. The molecule has 1 aromatic heterocycles. The lowest BCUT2D eigenvalue weighted by Gasteiger charge is -2.16. The fraction of sp³-hybridized carbons (Fsp3) is 0.400. The molecule has 0 fully saturated rings. The van der Waals surface area contributed by atoms with Gasteiger partial charge in [0.15, 0.2) is 11.6 Å². The first kappa shape index (κ1) is 15.6. The van der Waals surface area contributed by atoms with Gasteiger partial charge in [-0.2, -0.15) is 0 Å². The maximum Gasteiger partial charge on any atom is 0.159 e. The van der Waals surface area contributed by atoms with Crippen LogP contribution in [-0.2, 0) is 19.4 Å². The Hall–Kier alpha value is -1.79. The number of aryl methyl sites for hydroxylation is 1. The monoisotopic (exact) mass is 294 g/mol. The van der Waals surface area contributed by atoms with Crippen LogP contribution in [0.5, 0.6) is 0 Å². The Morgan fingerprint density at radius 3 is 2.76 bits per heavy atom. The van der Waals surface area contributed by atoms with Crippen LogP contribution in [0.3, 0.4) is 0 Å². The number of hydrogen-bond donors (Lipinski definition) is 2. The zero-order chi connectivity index (χ0) is 15.2. The minimum Gasteiger partial charge on any atom is -0.335 e. The highest BCUT2D eigenvalue weighted by Gasteiger charge is 2.13. The molecule has 3 N–H and O–H groups in total. The number of aromatic nitrogens is 2.